The number of nitrogens with zero attached hydrogens (tertiary/aromatic N) is 5. The Bertz CT molecular complexity index is 1850. The van der Waals surface area contributed by atoms with E-state index in [0.717, 1.165) is 37.7 Å². The van der Waals surface area contributed by atoms with Crippen molar-refractivity contribution in [1.82, 2.24) is 35.5 Å². The molecule has 3 fully saturated rings. The number of nitrogens with one attached hydrogen (secondary N) is 2. The summed E-state index contributed by atoms with van der Waals surface area (Å²) in [4.78, 5) is 76.1. The fourth-order valence-corrected chi connectivity index (χ4v) is 6.93. The van der Waals surface area contributed by atoms with Crippen LogP contribution in [0, 0.1) is 13.8 Å². The molecule has 3 N–H and O–H groups in total. The first-order valence-corrected chi connectivity index (χ1v) is 18.8. The minimum absolute atomic E-state index is 0.0572. The number of amides is 5. The number of pyridine rings is 1. The van der Waals surface area contributed by atoms with Crippen molar-refractivity contribution in [3.8, 4) is 11.6 Å². The van der Waals surface area contributed by atoms with Crippen LogP contribution < -0.4 is 15.4 Å². The number of hydrogen-bond acceptors (Lipinski definition) is 11. The number of likely N-dealkylation sites (tertiary alicyclic amines) is 1. The van der Waals surface area contributed by atoms with E-state index < -0.39 is 30.0 Å². The highest BCUT2D eigenvalue weighted by molar-refractivity contribution is 5.99. The number of piperazine rings is 1. The number of carbonyl (C=O) groups is 5. The number of aromatic nitrogens is 2. The first kappa shape index (κ1) is 38.3. The standard InChI is InChI=1S/C38H49N7O9/c1-4-5-18-52-38(51)44-16-14-43(15-17-44)37(50)30(20-27-24(3)54-42-34(27)47)41-35(48)29-21-32(26-12-11-23(2)19-28(26)40-29)53-22-33(46)45-13-7-10-31(45)36(49)39-25-8-6-9-25/h11-12,19,21,25,30-31H,4-10,13-18,20,22H2,1-3H3,(H,39,49)(H,41,48)(H,42,47)/t30-,31-/m0/s1. The lowest BCUT2D eigenvalue weighted by molar-refractivity contribution is -0.140. The lowest BCUT2D eigenvalue weighted by atomic mass is 9.93. The second-order valence-corrected chi connectivity index (χ2v) is 14.2. The van der Waals surface area contributed by atoms with E-state index >= 15 is 0 Å². The lowest BCUT2D eigenvalue weighted by Gasteiger charge is -2.36. The molecule has 2 saturated heterocycles. The van der Waals surface area contributed by atoms with Gasteiger partial charge in [-0.1, -0.05) is 19.4 Å². The summed E-state index contributed by atoms with van der Waals surface area (Å²) in [5, 5.41) is 20.4. The molecule has 290 valence electrons. The molecule has 54 heavy (non-hydrogen) atoms. The minimum atomic E-state index is -1.16. The fraction of sp³-hybridized carbons (Fsp3) is 0.553. The monoisotopic (exact) mass is 747 g/mol. The Morgan fingerprint density at radius 1 is 1.00 bits per heavy atom. The minimum Gasteiger partial charge on any atom is -0.491 e. The molecule has 2 atom stereocenters. The summed E-state index contributed by atoms with van der Waals surface area (Å²) in [6.07, 6.45) is 5.38. The van der Waals surface area contributed by atoms with Crippen LogP contribution in [0.1, 0.15) is 79.2 Å². The van der Waals surface area contributed by atoms with Gasteiger partial charge in [0.05, 0.1) is 17.7 Å². The summed E-state index contributed by atoms with van der Waals surface area (Å²) >= 11 is 0. The van der Waals surface area contributed by atoms with E-state index in [2.05, 4.69) is 20.8 Å². The summed E-state index contributed by atoms with van der Waals surface area (Å²) in [7, 11) is 0. The average Bonchev–Trinajstić information content (AvgIpc) is 3.77. The molecular weight excluding hydrogens is 698 g/mol. The molecular formula is C38H49N7O9. The molecule has 1 saturated carbocycles. The highest BCUT2D eigenvalue weighted by Crippen LogP contribution is 2.28. The van der Waals surface area contributed by atoms with Gasteiger partial charge in [-0.05, 0) is 75.2 Å². The second-order valence-electron chi connectivity index (χ2n) is 14.2. The third-order valence-corrected chi connectivity index (χ3v) is 10.4. The van der Waals surface area contributed by atoms with Gasteiger partial charge in [0, 0.05) is 56.6 Å². The molecule has 0 unspecified atom stereocenters. The van der Waals surface area contributed by atoms with Crippen LogP contribution in [0.25, 0.3) is 10.9 Å². The number of aromatic hydroxyl groups is 1. The molecule has 1 aliphatic carbocycles. The predicted octanol–water partition coefficient (Wildman–Crippen LogP) is 3.01. The van der Waals surface area contributed by atoms with Gasteiger partial charge in [-0.3, -0.25) is 19.2 Å². The van der Waals surface area contributed by atoms with Crippen molar-refractivity contribution in [3.05, 3.63) is 46.8 Å². The maximum absolute atomic E-state index is 14.0. The fourth-order valence-electron chi connectivity index (χ4n) is 6.93. The first-order chi connectivity index (χ1) is 26.0. The van der Waals surface area contributed by atoms with Gasteiger partial charge in [0.1, 0.15) is 29.3 Å². The number of carbonyl (C=O) groups excluding carboxylic acids is 5. The van der Waals surface area contributed by atoms with Crippen LogP contribution in [-0.2, 0) is 25.5 Å². The zero-order valence-corrected chi connectivity index (χ0v) is 31.1. The first-order valence-electron chi connectivity index (χ1n) is 18.8. The lowest BCUT2D eigenvalue weighted by Crippen LogP contribution is -2.56. The number of rotatable bonds is 13. The molecule has 0 bridgehead atoms. The third kappa shape index (κ3) is 8.85. The molecule has 6 rings (SSSR count). The molecule has 3 aromatic rings. The molecule has 2 aliphatic heterocycles. The van der Waals surface area contributed by atoms with Crippen molar-refractivity contribution in [2.45, 2.75) is 90.3 Å². The Labute approximate surface area is 313 Å². The van der Waals surface area contributed by atoms with Crippen LogP contribution in [0.5, 0.6) is 11.6 Å². The van der Waals surface area contributed by atoms with Gasteiger partial charge in [0.2, 0.25) is 11.8 Å². The Balaban J connectivity index is 1.18. The predicted molar refractivity (Wildman–Crippen MR) is 195 cm³/mol. The largest absolute Gasteiger partial charge is 0.491 e. The Morgan fingerprint density at radius 3 is 2.44 bits per heavy atom. The molecule has 3 aliphatic rings. The van der Waals surface area contributed by atoms with Gasteiger partial charge in [0.15, 0.2) is 6.61 Å². The maximum Gasteiger partial charge on any atom is 0.409 e. The number of unbranched alkanes of at least 4 members (excludes halogenated alkanes) is 1. The van der Waals surface area contributed by atoms with Crippen molar-refractivity contribution in [2.75, 3.05) is 45.9 Å². The molecule has 4 heterocycles. The average molecular weight is 748 g/mol. The van der Waals surface area contributed by atoms with Gasteiger partial charge in [0.25, 0.3) is 17.7 Å². The van der Waals surface area contributed by atoms with Crippen LogP contribution in [0.4, 0.5) is 4.79 Å². The van der Waals surface area contributed by atoms with Crippen molar-refractivity contribution in [3.63, 3.8) is 0 Å². The van der Waals surface area contributed by atoms with Crippen LogP contribution in [-0.4, -0.2) is 124 Å². The summed E-state index contributed by atoms with van der Waals surface area (Å²) in [6.45, 7) is 6.83. The molecule has 0 radical (unpaired) electrons. The van der Waals surface area contributed by atoms with Gasteiger partial charge in [-0.25, -0.2) is 9.78 Å². The van der Waals surface area contributed by atoms with Gasteiger partial charge < -0.3 is 44.4 Å². The summed E-state index contributed by atoms with van der Waals surface area (Å²) in [5.41, 5.74) is 1.53. The Hall–Kier alpha value is -5.41. The topological polar surface area (TPSA) is 197 Å². The van der Waals surface area contributed by atoms with Gasteiger partial charge >= 0.3 is 6.09 Å². The molecule has 16 nitrogen and oxygen atoms in total. The quantitative estimate of drug-likeness (QED) is 0.218. The Kier molecular flexibility index (Phi) is 12.2. The van der Waals surface area contributed by atoms with Crippen LogP contribution in [0.15, 0.2) is 28.8 Å². The third-order valence-electron chi connectivity index (χ3n) is 10.4. The van der Waals surface area contributed by atoms with Gasteiger partial charge in [-0.2, -0.15) is 0 Å². The summed E-state index contributed by atoms with van der Waals surface area (Å²) in [5.74, 6) is -1.45. The van der Waals surface area contributed by atoms with E-state index in [1.54, 1.807) is 33.8 Å². The molecule has 16 heteroatoms. The van der Waals surface area contributed by atoms with Crippen molar-refractivity contribution >= 4 is 40.6 Å². The van der Waals surface area contributed by atoms with Crippen LogP contribution >= 0.6 is 0 Å². The van der Waals surface area contributed by atoms with E-state index in [1.165, 1.54) is 6.07 Å². The van der Waals surface area contributed by atoms with E-state index in [4.69, 9.17) is 14.0 Å². The van der Waals surface area contributed by atoms with Gasteiger partial charge in [-0.15, -0.1) is 0 Å². The van der Waals surface area contributed by atoms with E-state index in [0.29, 0.717) is 42.7 Å². The van der Waals surface area contributed by atoms with Crippen molar-refractivity contribution in [2.24, 2.45) is 0 Å². The maximum atomic E-state index is 14.0. The van der Waals surface area contributed by atoms with Crippen molar-refractivity contribution < 1.29 is 43.1 Å². The summed E-state index contributed by atoms with van der Waals surface area (Å²) < 4.78 is 16.5. The number of benzene rings is 1. The number of aryl methyl sites for hydroxylation is 2. The second kappa shape index (κ2) is 17.2. The molecule has 1 aromatic carbocycles. The smallest absolute Gasteiger partial charge is 0.409 e. The number of fused-ring (bicyclic) bond motifs is 1. The summed E-state index contributed by atoms with van der Waals surface area (Å²) in [6, 6.07) is 5.33. The highest BCUT2D eigenvalue weighted by Gasteiger charge is 2.36. The molecule has 2 aromatic heterocycles. The van der Waals surface area contributed by atoms with E-state index in [1.807, 2.05) is 19.9 Å². The van der Waals surface area contributed by atoms with E-state index in [9.17, 15) is 29.1 Å². The zero-order chi connectivity index (χ0) is 38.4. The normalized spacial score (nSPS) is 17.9. The molecule has 0 spiro atoms. The highest BCUT2D eigenvalue weighted by atomic mass is 16.6. The molecule has 5 amide bonds. The van der Waals surface area contributed by atoms with Crippen molar-refractivity contribution in [1.29, 1.82) is 0 Å². The Morgan fingerprint density at radius 2 is 1.76 bits per heavy atom. The van der Waals surface area contributed by atoms with Crippen LogP contribution in [0.2, 0.25) is 0 Å². The van der Waals surface area contributed by atoms with Crippen LogP contribution in [0.3, 0.4) is 0 Å². The zero-order valence-electron chi connectivity index (χ0n) is 31.1. The van der Waals surface area contributed by atoms with E-state index in [-0.39, 0.29) is 79.9 Å². The number of ether oxygens (including phenoxy) is 2. The number of hydrogen-bond donors (Lipinski definition) is 3. The SMILES string of the molecule is CCCCOC(=O)N1CCN(C(=O)[C@H](Cc2c(O)noc2C)NC(=O)c2cc(OCC(=O)N3CCC[C@H]3C(=O)NC3CCC3)c3ccc(C)cc3n2)CC1.